The molecule has 0 aliphatic heterocycles. The Bertz CT molecular complexity index is 1520. The molecule has 0 saturated carbocycles. The van der Waals surface area contributed by atoms with Gasteiger partial charge in [-0.25, -0.2) is 4.79 Å². The van der Waals surface area contributed by atoms with Crippen LogP contribution in [-0.4, -0.2) is 189 Å². The Hall–Kier alpha value is -3.26. The van der Waals surface area contributed by atoms with Crippen molar-refractivity contribution in [1.29, 1.82) is 0 Å². The fraction of sp³-hybridized carbons (Fsp3) is 0.750. The Morgan fingerprint density at radius 3 is 1.06 bits per heavy atom. The Morgan fingerprint density at radius 2 is 0.694 bits per heavy atom. The van der Waals surface area contributed by atoms with Crippen LogP contribution in [0.4, 0.5) is 4.79 Å². The van der Waals surface area contributed by atoms with Crippen LogP contribution in [0.15, 0.2) is 48.5 Å². The summed E-state index contributed by atoms with van der Waals surface area (Å²) in [6.07, 6.45) is 16.9. The van der Waals surface area contributed by atoms with Crippen LogP contribution in [0.2, 0.25) is 0 Å². The lowest BCUT2D eigenvalue weighted by Crippen LogP contribution is -2.32. The third-order valence-corrected chi connectivity index (χ3v) is 11.9. The van der Waals surface area contributed by atoms with Gasteiger partial charge in [-0.2, -0.15) is 0 Å². The summed E-state index contributed by atoms with van der Waals surface area (Å²) < 4.78 is 71.9. The van der Waals surface area contributed by atoms with E-state index in [1.54, 1.807) is 7.05 Å². The summed E-state index contributed by atoms with van der Waals surface area (Å²) in [7, 11) is 1.71. The van der Waals surface area contributed by atoms with Crippen LogP contribution in [0.5, 0.6) is 0 Å². The zero-order valence-corrected chi connectivity index (χ0v) is 44.3. The maximum absolute atomic E-state index is 12.6. The lowest BCUT2D eigenvalue weighted by atomic mass is 9.98. The van der Waals surface area contributed by atoms with Gasteiger partial charge in [-0.05, 0) is 28.7 Å². The summed E-state index contributed by atoms with van der Waals surface area (Å²) in [5.41, 5.74) is 4.79. The first kappa shape index (κ1) is 63.0. The number of unbranched alkanes of at least 4 members (excludes halogenated alkanes) is 12. The highest BCUT2D eigenvalue weighted by atomic mass is 16.6. The van der Waals surface area contributed by atoms with Gasteiger partial charge < -0.3 is 66.5 Å². The van der Waals surface area contributed by atoms with E-state index in [0.717, 1.165) is 12.8 Å². The maximum Gasteiger partial charge on any atom is 0.409 e. The van der Waals surface area contributed by atoms with Gasteiger partial charge in [0.25, 0.3) is 0 Å². The monoisotopic (exact) mass is 1020 g/mol. The number of hydrogen-bond acceptors (Lipinski definition) is 15. The van der Waals surface area contributed by atoms with E-state index in [2.05, 4.69) is 31.2 Å². The van der Waals surface area contributed by atoms with Crippen LogP contribution in [0.25, 0.3) is 11.1 Å². The summed E-state index contributed by atoms with van der Waals surface area (Å²) in [6, 6.07) is 16.6. The molecule has 412 valence electrons. The van der Waals surface area contributed by atoms with Gasteiger partial charge in [0.1, 0.15) is 13.2 Å². The van der Waals surface area contributed by atoms with Crippen LogP contribution in [0.3, 0.4) is 0 Å². The predicted molar refractivity (Wildman–Crippen MR) is 278 cm³/mol. The Kier molecular flexibility index (Phi) is 40.5. The molecule has 1 aliphatic rings. The average molecular weight is 1020 g/mol. The fourth-order valence-electron chi connectivity index (χ4n) is 7.87. The molecule has 0 fully saturated rings. The summed E-state index contributed by atoms with van der Waals surface area (Å²) in [5, 5.41) is 0. The number of benzene rings is 2. The first-order chi connectivity index (χ1) is 35.6. The Labute approximate surface area is 432 Å². The number of fused-ring (bicyclic) bond motifs is 3. The molecule has 0 saturated heterocycles. The van der Waals surface area contributed by atoms with E-state index in [9.17, 15) is 9.59 Å². The van der Waals surface area contributed by atoms with Crippen LogP contribution >= 0.6 is 0 Å². The van der Waals surface area contributed by atoms with Crippen molar-refractivity contribution < 1.29 is 71.2 Å². The number of ether oxygens (including phenoxy) is 13. The van der Waals surface area contributed by atoms with Crippen LogP contribution < -0.4 is 0 Å². The van der Waals surface area contributed by atoms with Crippen LogP contribution in [-0.2, 0) is 66.4 Å². The largest absolute Gasteiger partial charge is 0.463 e. The number of amides is 1. The molecule has 0 heterocycles. The van der Waals surface area contributed by atoms with Gasteiger partial charge in [0.15, 0.2) is 0 Å². The lowest BCUT2D eigenvalue weighted by Gasteiger charge is -2.19. The number of nitrogens with zero attached hydrogens (tertiary/aromatic N) is 1. The molecule has 72 heavy (non-hydrogen) atoms. The standard InChI is InChI=1S/C56H93NO15/c1-3-4-5-6-7-8-9-10-11-12-13-14-15-24-55(58)71-48-47-70-46-45-69-44-43-68-42-41-67-40-39-66-38-37-65-36-35-64-34-33-63-32-31-62-30-29-61-28-27-60-26-25-57(2)56(59)72-49-54-52-22-18-16-20-50(52)51-21-17-19-23-53(51)54/h16-23,54H,3-15,24-49H2,1-2H3. The molecular formula is C56H93NO15. The second-order valence-electron chi connectivity index (χ2n) is 17.7. The molecule has 2 aromatic rings. The number of hydrogen-bond donors (Lipinski definition) is 0. The van der Waals surface area contributed by atoms with Crippen LogP contribution in [0.1, 0.15) is 114 Å². The molecule has 16 nitrogen and oxygen atoms in total. The summed E-state index contributed by atoms with van der Waals surface area (Å²) >= 11 is 0. The SMILES string of the molecule is CCCCCCCCCCCCCCCC(=O)OCCOCCOCCOCCOCCOCCOCCOCCOCCOCCOCCOCCN(C)C(=O)OCC1c2ccccc2-c2ccccc21. The molecule has 0 unspecified atom stereocenters. The highest BCUT2D eigenvalue weighted by molar-refractivity contribution is 5.79. The molecule has 3 rings (SSSR count). The van der Waals surface area contributed by atoms with Crippen LogP contribution in [0, 0.1) is 0 Å². The van der Waals surface area contributed by atoms with Gasteiger partial charge in [-0.1, -0.05) is 133 Å². The third kappa shape index (κ3) is 32.8. The van der Waals surface area contributed by atoms with E-state index in [1.165, 1.54) is 97.8 Å². The van der Waals surface area contributed by atoms with Crippen molar-refractivity contribution in [2.24, 2.45) is 0 Å². The first-order valence-corrected chi connectivity index (χ1v) is 27.2. The smallest absolute Gasteiger partial charge is 0.409 e. The molecule has 16 heteroatoms. The van der Waals surface area contributed by atoms with Crippen molar-refractivity contribution in [3.63, 3.8) is 0 Å². The van der Waals surface area contributed by atoms with Crippen molar-refractivity contribution in [2.75, 3.05) is 172 Å². The van der Waals surface area contributed by atoms with E-state index in [-0.39, 0.29) is 24.6 Å². The predicted octanol–water partition coefficient (Wildman–Crippen LogP) is 9.07. The highest BCUT2D eigenvalue weighted by Crippen LogP contribution is 2.44. The van der Waals surface area contributed by atoms with Gasteiger partial charge in [0, 0.05) is 25.9 Å². The van der Waals surface area contributed by atoms with Crippen molar-refractivity contribution in [2.45, 2.75) is 103 Å². The van der Waals surface area contributed by atoms with Gasteiger partial charge in [-0.3, -0.25) is 4.79 Å². The zero-order chi connectivity index (χ0) is 51.0. The lowest BCUT2D eigenvalue weighted by molar-refractivity contribution is -0.145. The molecule has 0 atom stereocenters. The normalized spacial score (nSPS) is 12.1. The highest BCUT2D eigenvalue weighted by Gasteiger charge is 2.29. The van der Waals surface area contributed by atoms with E-state index < -0.39 is 0 Å². The molecule has 0 bridgehead atoms. The molecule has 0 radical (unpaired) electrons. The Balaban J connectivity index is 0.909. The van der Waals surface area contributed by atoms with Crippen molar-refractivity contribution in [3.05, 3.63) is 59.7 Å². The third-order valence-electron chi connectivity index (χ3n) is 11.9. The number of carbonyl (C=O) groups is 2. The van der Waals surface area contributed by atoms with Crippen molar-refractivity contribution in [3.8, 4) is 11.1 Å². The minimum absolute atomic E-state index is 0.0335. The topological polar surface area (TPSA) is 157 Å². The molecule has 1 aliphatic carbocycles. The molecule has 0 aromatic heterocycles. The molecule has 0 spiro atoms. The summed E-state index contributed by atoms with van der Waals surface area (Å²) in [6.45, 7) is 13.5. The molecular weight excluding hydrogens is 927 g/mol. The van der Waals surface area contributed by atoms with Gasteiger partial charge in [0.05, 0.1) is 145 Å². The number of esters is 1. The first-order valence-electron chi connectivity index (χ1n) is 27.2. The molecule has 1 amide bonds. The number of rotatable bonds is 52. The molecule has 2 aromatic carbocycles. The summed E-state index contributed by atoms with van der Waals surface area (Å²) in [5.74, 6) is -0.103. The fourth-order valence-corrected chi connectivity index (χ4v) is 7.87. The Morgan fingerprint density at radius 1 is 0.389 bits per heavy atom. The zero-order valence-electron chi connectivity index (χ0n) is 44.3. The van der Waals surface area contributed by atoms with Gasteiger partial charge in [-0.15, -0.1) is 0 Å². The van der Waals surface area contributed by atoms with E-state index in [4.69, 9.17) is 61.6 Å². The van der Waals surface area contributed by atoms with E-state index in [1.807, 2.05) is 24.3 Å². The number of likely N-dealkylation sites (N-methyl/N-ethyl adjacent to an activating group) is 1. The molecule has 0 N–H and O–H groups in total. The quantitative estimate of drug-likeness (QED) is 0.0456. The van der Waals surface area contributed by atoms with Crippen molar-refractivity contribution in [1.82, 2.24) is 4.90 Å². The van der Waals surface area contributed by atoms with E-state index >= 15 is 0 Å². The minimum atomic E-state index is -0.367. The van der Waals surface area contributed by atoms with Gasteiger partial charge >= 0.3 is 12.1 Å². The minimum Gasteiger partial charge on any atom is -0.463 e. The van der Waals surface area contributed by atoms with Crippen molar-refractivity contribution >= 4 is 12.1 Å². The maximum atomic E-state index is 12.6. The second-order valence-corrected chi connectivity index (χ2v) is 17.7. The second kappa shape index (κ2) is 46.3. The van der Waals surface area contributed by atoms with Gasteiger partial charge in [0.2, 0.25) is 0 Å². The summed E-state index contributed by atoms with van der Waals surface area (Å²) in [4.78, 5) is 26.1. The number of carbonyl (C=O) groups excluding carboxylic acids is 2. The van der Waals surface area contributed by atoms with E-state index in [0.29, 0.717) is 165 Å². The average Bonchev–Trinajstić information content (AvgIpc) is 3.72.